The fraction of sp³-hybridized carbons (Fsp3) is 0.182. The van der Waals surface area contributed by atoms with Gasteiger partial charge < -0.3 is 5.11 Å². The lowest BCUT2D eigenvalue weighted by Gasteiger charge is -2.07. The normalized spacial score (nSPS) is 13.1. The van der Waals surface area contributed by atoms with Gasteiger partial charge in [-0.2, -0.15) is 0 Å². The van der Waals surface area contributed by atoms with E-state index in [1.807, 2.05) is 24.3 Å². The molecule has 1 aromatic heterocycles. The van der Waals surface area contributed by atoms with Crippen molar-refractivity contribution >= 4 is 10.8 Å². The number of hydrogen-bond donors (Lipinski definition) is 1. The van der Waals surface area contributed by atoms with E-state index in [9.17, 15) is 5.11 Å². The standard InChI is InChI=1S/C11H11NO/c1-8(13)10-4-2-3-9-5-6-12-7-11(9)10/h2-8,13H,1H3. The minimum atomic E-state index is -0.437. The van der Waals surface area contributed by atoms with Gasteiger partial charge in [0.25, 0.3) is 0 Å². The van der Waals surface area contributed by atoms with E-state index in [0.717, 1.165) is 16.3 Å². The Kier molecular flexibility index (Phi) is 1.99. The van der Waals surface area contributed by atoms with Crippen molar-refractivity contribution in [2.75, 3.05) is 0 Å². The summed E-state index contributed by atoms with van der Waals surface area (Å²) in [4.78, 5) is 4.04. The molecule has 0 aliphatic carbocycles. The predicted octanol–water partition coefficient (Wildman–Crippen LogP) is 2.29. The van der Waals surface area contributed by atoms with E-state index in [-0.39, 0.29) is 0 Å². The highest BCUT2D eigenvalue weighted by atomic mass is 16.3. The molecule has 0 saturated heterocycles. The first kappa shape index (κ1) is 8.20. The van der Waals surface area contributed by atoms with E-state index in [0.29, 0.717) is 0 Å². The van der Waals surface area contributed by atoms with Crippen LogP contribution in [-0.2, 0) is 0 Å². The van der Waals surface area contributed by atoms with Gasteiger partial charge >= 0.3 is 0 Å². The molecule has 2 aromatic rings. The van der Waals surface area contributed by atoms with Gasteiger partial charge in [0.1, 0.15) is 0 Å². The molecule has 0 spiro atoms. The van der Waals surface area contributed by atoms with Crippen LogP contribution in [0.5, 0.6) is 0 Å². The minimum Gasteiger partial charge on any atom is -0.389 e. The van der Waals surface area contributed by atoms with E-state index >= 15 is 0 Å². The van der Waals surface area contributed by atoms with E-state index in [1.54, 1.807) is 19.3 Å². The van der Waals surface area contributed by atoms with Crippen molar-refractivity contribution in [1.29, 1.82) is 0 Å². The third-order valence-electron chi connectivity index (χ3n) is 2.17. The largest absolute Gasteiger partial charge is 0.389 e. The monoisotopic (exact) mass is 173 g/mol. The van der Waals surface area contributed by atoms with Crippen molar-refractivity contribution in [3.05, 3.63) is 42.2 Å². The number of pyridine rings is 1. The van der Waals surface area contributed by atoms with Crippen LogP contribution in [0, 0.1) is 0 Å². The van der Waals surface area contributed by atoms with Gasteiger partial charge in [-0.1, -0.05) is 18.2 Å². The Morgan fingerprint density at radius 3 is 2.92 bits per heavy atom. The zero-order chi connectivity index (χ0) is 9.26. The van der Waals surface area contributed by atoms with Crippen LogP contribution < -0.4 is 0 Å². The number of aliphatic hydroxyl groups excluding tert-OH is 1. The van der Waals surface area contributed by atoms with Gasteiger partial charge in [-0.3, -0.25) is 4.98 Å². The maximum Gasteiger partial charge on any atom is 0.0768 e. The van der Waals surface area contributed by atoms with E-state index < -0.39 is 6.10 Å². The maximum absolute atomic E-state index is 9.49. The lowest BCUT2D eigenvalue weighted by Crippen LogP contribution is -1.92. The molecule has 0 radical (unpaired) electrons. The first-order valence-electron chi connectivity index (χ1n) is 4.30. The van der Waals surface area contributed by atoms with Gasteiger partial charge in [-0.25, -0.2) is 0 Å². The van der Waals surface area contributed by atoms with Gasteiger partial charge in [-0.05, 0) is 23.9 Å². The van der Waals surface area contributed by atoms with Gasteiger partial charge in [-0.15, -0.1) is 0 Å². The number of hydrogen-bond acceptors (Lipinski definition) is 2. The number of aliphatic hydroxyl groups is 1. The number of benzene rings is 1. The second kappa shape index (κ2) is 3.15. The molecule has 1 atom stereocenters. The number of fused-ring (bicyclic) bond motifs is 1. The molecule has 1 aromatic carbocycles. The summed E-state index contributed by atoms with van der Waals surface area (Å²) in [6, 6.07) is 7.84. The van der Waals surface area contributed by atoms with Crippen molar-refractivity contribution in [2.24, 2.45) is 0 Å². The van der Waals surface area contributed by atoms with Crippen LogP contribution in [0.4, 0.5) is 0 Å². The average molecular weight is 173 g/mol. The van der Waals surface area contributed by atoms with Gasteiger partial charge in [0.15, 0.2) is 0 Å². The predicted molar refractivity (Wildman–Crippen MR) is 52.4 cm³/mol. The zero-order valence-electron chi connectivity index (χ0n) is 7.44. The fourth-order valence-corrected chi connectivity index (χ4v) is 1.50. The molecule has 0 saturated carbocycles. The Balaban J connectivity index is 2.76. The number of rotatable bonds is 1. The van der Waals surface area contributed by atoms with Crippen LogP contribution >= 0.6 is 0 Å². The van der Waals surface area contributed by atoms with Crippen molar-refractivity contribution in [3.63, 3.8) is 0 Å². The van der Waals surface area contributed by atoms with Crippen molar-refractivity contribution in [1.82, 2.24) is 4.98 Å². The number of nitrogens with zero attached hydrogens (tertiary/aromatic N) is 1. The molecule has 0 amide bonds. The lowest BCUT2D eigenvalue weighted by molar-refractivity contribution is 0.201. The van der Waals surface area contributed by atoms with Crippen molar-refractivity contribution in [3.8, 4) is 0 Å². The summed E-state index contributed by atoms with van der Waals surface area (Å²) in [6.45, 7) is 1.77. The van der Waals surface area contributed by atoms with Gasteiger partial charge in [0.05, 0.1) is 6.10 Å². The van der Waals surface area contributed by atoms with Crippen LogP contribution in [0.3, 0.4) is 0 Å². The summed E-state index contributed by atoms with van der Waals surface area (Å²) in [5.41, 5.74) is 0.936. The minimum absolute atomic E-state index is 0.437. The maximum atomic E-state index is 9.49. The molecule has 0 fully saturated rings. The van der Waals surface area contributed by atoms with Crippen LogP contribution in [-0.4, -0.2) is 10.1 Å². The summed E-state index contributed by atoms with van der Waals surface area (Å²) in [6.07, 6.45) is 3.11. The highest BCUT2D eigenvalue weighted by Gasteiger charge is 2.04. The van der Waals surface area contributed by atoms with Crippen LogP contribution in [0.25, 0.3) is 10.8 Å². The summed E-state index contributed by atoms with van der Waals surface area (Å²) >= 11 is 0. The van der Waals surface area contributed by atoms with Crippen molar-refractivity contribution in [2.45, 2.75) is 13.0 Å². The third kappa shape index (κ3) is 1.40. The Bertz CT molecular complexity index is 418. The topological polar surface area (TPSA) is 33.1 Å². The van der Waals surface area contributed by atoms with Crippen LogP contribution in [0.2, 0.25) is 0 Å². The molecule has 66 valence electrons. The second-order valence-electron chi connectivity index (χ2n) is 3.12. The molecular weight excluding hydrogens is 162 g/mol. The molecular formula is C11H11NO. The van der Waals surface area contributed by atoms with Crippen LogP contribution in [0.15, 0.2) is 36.7 Å². The van der Waals surface area contributed by atoms with Crippen LogP contribution in [0.1, 0.15) is 18.6 Å². The van der Waals surface area contributed by atoms with E-state index in [1.165, 1.54) is 0 Å². The Morgan fingerprint density at radius 2 is 2.15 bits per heavy atom. The molecule has 2 heteroatoms. The molecule has 1 unspecified atom stereocenters. The Morgan fingerprint density at radius 1 is 1.31 bits per heavy atom. The smallest absolute Gasteiger partial charge is 0.0768 e. The number of aromatic nitrogens is 1. The average Bonchev–Trinajstić information content (AvgIpc) is 2.17. The summed E-state index contributed by atoms with van der Waals surface area (Å²) in [7, 11) is 0. The molecule has 2 nitrogen and oxygen atoms in total. The molecule has 1 heterocycles. The quantitative estimate of drug-likeness (QED) is 0.717. The fourth-order valence-electron chi connectivity index (χ4n) is 1.50. The van der Waals surface area contributed by atoms with Gasteiger partial charge in [0.2, 0.25) is 0 Å². The van der Waals surface area contributed by atoms with Gasteiger partial charge in [0, 0.05) is 17.8 Å². The van der Waals surface area contributed by atoms with E-state index in [4.69, 9.17) is 0 Å². The molecule has 0 aliphatic rings. The molecule has 0 aliphatic heterocycles. The van der Waals surface area contributed by atoms with Crippen molar-refractivity contribution < 1.29 is 5.11 Å². The first-order chi connectivity index (χ1) is 6.29. The molecule has 1 N–H and O–H groups in total. The van der Waals surface area contributed by atoms with E-state index in [2.05, 4.69) is 4.98 Å². The summed E-state index contributed by atoms with van der Waals surface area (Å²) < 4.78 is 0. The second-order valence-corrected chi connectivity index (χ2v) is 3.12. The Labute approximate surface area is 76.9 Å². The molecule has 0 bridgehead atoms. The molecule has 2 rings (SSSR count). The SMILES string of the molecule is CC(O)c1cccc2ccncc12. The highest BCUT2D eigenvalue weighted by Crippen LogP contribution is 2.22. The Hall–Kier alpha value is -1.41. The molecule has 13 heavy (non-hydrogen) atoms. The zero-order valence-corrected chi connectivity index (χ0v) is 7.44. The highest BCUT2D eigenvalue weighted by molar-refractivity contribution is 5.84. The summed E-state index contributed by atoms with van der Waals surface area (Å²) in [5, 5.41) is 11.6. The summed E-state index contributed by atoms with van der Waals surface area (Å²) in [5.74, 6) is 0. The third-order valence-corrected chi connectivity index (χ3v) is 2.17. The first-order valence-corrected chi connectivity index (χ1v) is 4.30. The lowest BCUT2D eigenvalue weighted by atomic mass is 10.0.